The van der Waals surface area contributed by atoms with E-state index < -0.39 is 0 Å². The van der Waals surface area contributed by atoms with Gasteiger partial charge in [0.05, 0.1) is 16.9 Å². The Morgan fingerprint density at radius 1 is 0.812 bits per heavy atom. The molecule has 2 amide bonds. The molecule has 160 valence electrons. The van der Waals surface area contributed by atoms with Crippen molar-refractivity contribution in [2.75, 3.05) is 5.32 Å². The first-order chi connectivity index (χ1) is 15.5. The number of halogens is 2. The molecular formula is C25H19Cl2N3O2. The van der Waals surface area contributed by atoms with Crippen LogP contribution in [0.5, 0.6) is 0 Å². The highest BCUT2D eigenvalue weighted by Crippen LogP contribution is 2.27. The molecule has 0 atom stereocenters. The van der Waals surface area contributed by atoms with Gasteiger partial charge in [-0.3, -0.25) is 9.59 Å². The van der Waals surface area contributed by atoms with Crippen molar-refractivity contribution in [1.29, 1.82) is 0 Å². The fourth-order valence-corrected chi connectivity index (χ4v) is 3.78. The number of carbonyl (C=O) groups excluding carboxylic acids is 2. The van der Waals surface area contributed by atoms with E-state index in [0.717, 1.165) is 27.1 Å². The van der Waals surface area contributed by atoms with Crippen LogP contribution in [-0.2, 0) is 9.59 Å². The van der Waals surface area contributed by atoms with Gasteiger partial charge in [-0.1, -0.05) is 71.7 Å². The molecule has 0 aliphatic rings. The van der Waals surface area contributed by atoms with Crippen molar-refractivity contribution in [1.82, 2.24) is 5.43 Å². The summed E-state index contributed by atoms with van der Waals surface area (Å²) >= 11 is 12.0. The third kappa shape index (κ3) is 5.07. The Labute approximate surface area is 195 Å². The monoisotopic (exact) mass is 463 g/mol. The van der Waals surface area contributed by atoms with Gasteiger partial charge in [0.2, 0.25) is 11.8 Å². The van der Waals surface area contributed by atoms with Gasteiger partial charge < -0.3 is 5.32 Å². The van der Waals surface area contributed by atoms with E-state index in [9.17, 15) is 9.59 Å². The molecule has 0 bridgehead atoms. The number of hydrogen-bond acceptors (Lipinski definition) is 3. The summed E-state index contributed by atoms with van der Waals surface area (Å²) in [6, 6.07) is 23.0. The minimum Gasteiger partial charge on any atom is -0.325 e. The van der Waals surface area contributed by atoms with Crippen LogP contribution < -0.4 is 10.7 Å². The number of nitrogens with one attached hydrogen (secondary N) is 2. The highest BCUT2D eigenvalue weighted by atomic mass is 35.5. The molecule has 0 spiro atoms. The SMILES string of the molecule is O=C(CCC(=O)Nc1cc(Cl)ccc1Cl)N/N=C/c1c2ccccc2cc2ccccc12. The maximum atomic E-state index is 12.2. The van der Waals surface area contributed by atoms with Crippen LogP contribution in [0.15, 0.2) is 77.9 Å². The van der Waals surface area contributed by atoms with Crippen molar-refractivity contribution in [3.63, 3.8) is 0 Å². The fraction of sp³-hybridized carbons (Fsp3) is 0.0800. The van der Waals surface area contributed by atoms with Crippen molar-refractivity contribution in [3.8, 4) is 0 Å². The van der Waals surface area contributed by atoms with E-state index in [2.05, 4.69) is 21.9 Å². The number of hydrogen-bond donors (Lipinski definition) is 2. The number of carbonyl (C=O) groups is 2. The molecule has 2 N–H and O–H groups in total. The van der Waals surface area contributed by atoms with Gasteiger partial charge in [-0.2, -0.15) is 5.10 Å². The summed E-state index contributed by atoms with van der Waals surface area (Å²) in [4.78, 5) is 24.3. The highest BCUT2D eigenvalue weighted by molar-refractivity contribution is 6.35. The zero-order chi connectivity index (χ0) is 22.5. The molecule has 0 aromatic heterocycles. The Hall–Kier alpha value is -3.41. The lowest BCUT2D eigenvalue weighted by Crippen LogP contribution is -2.20. The standard InChI is InChI=1S/C25H19Cl2N3O2/c26-18-9-10-22(27)23(14-18)29-24(31)11-12-25(32)30-28-15-21-19-7-3-1-5-16(19)13-17-6-2-4-8-20(17)21/h1-10,13-15H,11-12H2,(H,29,31)(H,30,32)/b28-15+. The topological polar surface area (TPSA) is 70.6 Å². The Kier molecular flexibility index (Phi) is 6.69. The van der Waals surface area contributed by atoms with Gasteiger partial charge in [0.1, 0.15) is 0 Å². The summed E-state index contributed by atoms with van der Waals surface area (Å²) in [5, 5.41) is 11.9. The minimum absolute atomic E-state index is 0.0125. The van der Waals surface area contributed by atoms with Gasteiger partial charge >= 0.3 is 0 Å². The van der Waals surface area contributed by atoms with Gasteiger partial charge in [0.25, 0.3) is 0 Å². The summed E-state index contributed by atoms with van der Waals surface area (Å²) in [5.74, 6) is -0.702. The Bertz CT molecular complexity index is 1300. The maximum absolute atomic E-state index is 12.2. The summed E-state index contributed by atoms with van der Waals surface area (Å²) in [6.45, 7) is 0. The summed E-state index contributed by atoms with van der Waals surface area (Å²) in [5.41, 5.74) is 3.83. The summed E-state index contributed by atoms with van der Waals surface area (Å²) < 4.78 is 0. The quantitative estimate of drug-likeness (QED) is 0.204. The lowest BCUT2D eigenvalue weighted by molar-refractivity contribution is -0.124. The maximum Gasteiger partial charge on any atom is 0.240 e. The smallest absolute Gasteiger partial charge is 0.240 e. The molecule has 0 saturated carbocycles. The van der Waals surface area contributed by atoms with Crippen molar-refractivity contribution < 1.29 is 9.59 Å². The van der Waals surface area contributed by atoms with Crippen LogP contribution in [0.1, 0.15) is 18.4 Å². The Balaban J connectivity index is 1.41. The molecule has 0 radical (unpaired) electrons. The van der Waals surface area contributed by atoms with Gasteiger partial charge in [0, 0.05) is 23.4 Å². The van der Waals surface area contributed by atoms with E-state index in [0.29, 0.717) is 15.7 Å². The van der Waals surface area contributed by atoms with E-state index in [1.807, 2.05) is 48.5 Å². The average molecular weight is 464 g/mol. The predicted octanol–water partition coefficient (Wildman–Crippen LogP) is 6.17. The fourth-order valence-electron chi connectivity index (χ4n) is 3.45. The van der Waals surface area contributed by atoms with Crippen LogP contribution in [0.3, 0.4) is 0 Å². The molecule has 5 nitrogen and oxygen atoms in total. The molecule has 0 unspecified atom stereocenters. The van der Waals surface area contributed by atoms with E-state index >= 15 is 0 Å². The second kappa shape index (κ2) is 9.81. The second-order valence-corrected chi connectivity index (χ2v) is 8.04. The number of nitrogens with zero attached hydrogens (tertiary/aromatic N) is 1. The predicted molar refractivity (Wildman–Crippen MR) is 132 cm³/mol. The van der Waals surface area contributed by atoms with Gasteiger partial charge in [-0.05, 0) is 45.8 Å². The molecule has 0 aliphatic carbocycles. The number of fused-ring (bicyclic) bond motifs is 2. The summed E-state index contributed by atoms with van der Waals surface area (Å²) in [6.07, 6.45) is 1.62. The molecule has 32 heavy (non-hydrogen) atoms. The van der Waals surface area contributed by atoms with Crippen LogP contribution in [-0.4, -0.2) is 18.0 Å². The van der Waals surface area contributed by atoms with Gasteiger partial charge in [-0.25, -0.2) is 5.43 Å². The first kappa shape index (κ1) is 21.8. The van der Waals surface area contributed by atoms with Crippen molar-refractivity contribution in [3.05, 3.63) is 88.4 Å². The van der Waals surface area contributed by atoms with Crippen LogP contribution >= 0.6 is 23.2 Å². The van der Waals surface area contributed by atoms with Crippen molar-refractivity contribution >= 4 is 68.5 Å². The minimum atomic E-state index is -0.363. The highest BCUT2D eigenvalue weighted by Gasteiger charge is 2.10. The molecule has 4 aromatic rings. The molecule has 4 rings (SSSR count). The number of anilines is 1. The first-order valence-corrected chi connectivity index (χ1v) is 10.7. The van der Waals surface area contributed by atoms with E-state index in [4.69, 9.17) is 23.2 Å². The van der Waals surface area contributed by atoms with Crippen molar-refractivity contribution in [2.45, 2.75) is 12.8 Å². The lowest BCUT2D eigenvalue weighted by Gasteiger charge is -2.08. The number of rotatable bonds is 6. The van der Waals surface area contributed by atoms with Crippen LogP contribution in [0, 0.1) is 0 Å². The molecular weight excluding hydrogens is 445 g/mol. The zero-order valence-corrected chi connectivity index (χ0v) is 18.5. The van der Waals surface area contributed by atoms with Crippen LogP contribution in [0.2, 0.25) is 10.0 Å². The Morgan fingerprint density at radius 3 is 2.12 bits per heavy atom. The number of hydrazone groups is 1. The third-order valence-corrected chi connectivity index (χ3v) is 5.54. The average Bonchev–Trinajstić information content (AvgIpc) is 2.79. The van der Waals surface area contributed by atoms with E-state index in [1.54, 1.807) is 24.4 Å². The van der Waals surface area contributed by atoms with Gasteiger partial charge in [0.15, 0.2) is 0 Å². The molecule has 0 saturated heterocycles. The molecule has 0 aliphatic heterocycles. The largest absolute Gasteiger partial charge is 0.325 e. The second-order valence-electron chi connectivity index (χ2n) is 7.20. The lowest BCUT2D eigenvalue weighted by atomic mass is 9.97. The molecule has 4 aromatic carbocycles. The molecule has 0 heterocycles. The number of benzene rings is 4. The number of amides is 2. The summed E-state index contributed by atoms with van der Waals surface area (Å²) in [7, 11) is 0. The van der Waals surface area contributed by atoms with Crippen molar-refractivity contribution in [2.24, 2.45) is 5.10 Å². The molecule has 7 heteroatoms. The van der Waals surface area contributed by atoms with Crippen LogP contribution in [0.4, 0.5) is 5.69 Å². The van der Waals surface area contributed by atoms with E-state index in [1.165, 1.54) is 0 Å². The first-order valence-electron chi connectivity index (χ1n) is 9.98. The Morgan fingerprint density at radius 2 is 1.44 bits per heavy atom. The third-order valence-electron chi connectivity index (χ3n) is 4.98. The van der Waals surface area contributed by atoms with E-state index in [-0.39, 0.29) is 24.7 Å². The molecule has 0 fully saturated rings. The normalized spacial score (nSPS) is 11.2. The zero-order valence-electron chi connectivity index (χ0n) is 16.9. The van der Waals surface area contributed by atoms with Crippen LogP contribution in [0.25, 0.3) is 21.5 Å². The van der Waals surface area contributed by atoms with Gasteiger partial charge in [-0.15, -0.1) is 0 Å².